The lowest BCUT2D eigenvalue weighted by Gasteiger charge is -2.24. The third kappa shape index (κ3) is 4.13. The second-order valence-electron chi connectivity index (χ2n) is 7.84. The molecule has 0 saturated carbocycles. The van der Waals surface area contributed by atoms with E-state index in [2.05, 4.69) is 10.2 Å². The molecule has 2 heterocycles. The first-order valence-corrected chi connectivity index (χ1v) is 11.8. The molecule has 1 aromatic heterocycles. The Balaban J connectivity index is 1.89. The minimum Gasteiger partial charge on any atom is -0.420 e. The van der Waals surface area contributed by atoms with Crippen molar-refractivity contribution in [2.24, 2.45) is 5.73 Å². The van der Waals surface area contributed by atoms with Crippen LogP contribution >= 0.6 is 11.6 Å². The van der Waals surface area contributed by atoms with Crippen molar-refractivity contribution in [3.63, 3.8) is 0 Å². The predicted molar refractivity (Wildman–Crippen MR) is 116 cm³/mol. The Morgan fingerprint density at radius 1 is 1.25 bits per heavy atom. The van der Waals surface area contributed by atoms with Gasteiger partial charge in [-0.3, -0.25) is 4.79 Å². The molecule has 0 spiro atoms. The van der Waals surface area contributed by atoms with E-state index in [4.69, 9.17) is 21.8 Å². The van der Waals surface area contributed by atoms with Crippen LogP contribution in [-0.2, 0) is 21.2 Å². The Morgan fingerprint density at radius 2 is 1.94 bits per heavy atom. The molecule has 2 N–H and O–H groups in total. The fraction of sp³-hybridized carbons (Fsp3) is 0.286. The van der Waals surface area contributed by atoms with Crippen LogP contribution < -0.4 is 10.6 Å². The van der Waals surface area contributed by atoms with Gasteiger partial charge in [0.25, 0.3) is 5.89 Å². The molecule has 3 aromatic rings. The van der Waals surface area contributed by atoms with Gasteiger partial charge in [-0.05, 0) is 29.8 Å². The first-order valence-electron chi connectivity index (χ1n) is 9.78. The molecular formula is C21H20ClFN4O4S. The normalized spacial score (nSPS) is 18.0. The van der Waals surface area contributed by atoms with Crippen LogP contribution in [0.3, 0.4) is 0 Å². The van der Waals surface area contributed by atoms with Gasteiger partial charge in [0.1, 0.15) is 5.82 Å². The van der Waals surface area contributed by atoms with E-state index < -0.39 is 33.4 Å². The van der Waals surface area contributed by atoms with Crippen molar-refractivity contribution in [2.75, 3.05) is 10.7 Å². The number of aromatic nitrogens is 2. The van der Waals surface area contributed by atoms with E-state index in [0.717, 1.165) is 6.07 Å². The molecule has 1 aliphatic rings. The number of benzene rings is 2. The minimum absolute atomic E-state index is 0.00130. The average molecular weight is 479 g/mol. The van der Waals surface area contributed by atoms with Crippen molar-refractivity contribution in [1.82, 2.24) is 10.2 Å². The number of rotatable bonds is 4. The van der Waals surface area contributed by atoms with Gasteiger partial charge in [0.05, 0.1) is 34.5 Å². The summed E-state index contributed by atoms with van der Waals surface area (Å²) in [5, 5.41) is 8.29. The summed E-state index contributed by atoms with van der Waals surface area (Å²) in [5.41, 5.74) is 6.48. The second-order valence-corrected chi connectivity index (χ2v) is 10.3. The molecule has 8 nitrogen and oxygen atoms in total. The lowest BCUT2D eigenvalue weighted by Crippen LogP contribution is -2.45. The van der Waals surface area contributed by atoms with Crippen LogP contribution in [0.15, 0.2) is 45.7 Å². The number of hydrogen-bond acceptors (Lipinski definition) is 7. The number of anilines is 1. The maximum atomic E-state index is 15.0. The molecule has 0 saturated heterocycles. The Labute approximate surface area is 189 Å². The molecule has 0 unspecified atom stereocenters. The smallest absolute Gasteiger partial charge is 0.250 e. The number of halogens is 2. The third-order valence-corrected chi connectivity index (χ3v) is 7.12. The Bertz CT molecular complexity index is 1290. The summed E-state index contributed by atoms with van der Waals surface area (Å²) in [7, 11) is -4.04. The maximum Gasteiger partial charge on any atom is 0.250 e. The molecule has 11 heteroatoms. The zero-order valence-electron chi connectivity index (χ0n) is 17.2. The Morgan fingerprint density at radius 3 is 2.56 bits per heavy atom. The van der Waals surface area contributed by atoms with Crippen LogP contribution in [0.4, 0.5) is 10.1 Å². The first kappa shape index (κ1) is 22.4. The van der Waals surface area contributed by atoms with Crippen molar-refractivity contribution < 1.29 is 22.0 Å². The summed E-state index contributed by atoms with van der Waals surface area (Å²) in [6.45, 7) is 3.69. The highest BCUT2D eigenvalue weighted by molar-refractivity contribution is 7.91. The van der Waals surface area contributed by atoms with Crippen molar-refractivity contribution in [3.8, 4) is 11.5 Å². The summed E-state index contributed by atoms with van der Waals surface area (Å²) in [4.78, 5) is 14.0. The number of amides is 1. The number of fused-ring (bicyclic) bond motifs is 1. The quantitative estimate of drug-likeness (QED) is 0.610. The summed E-state index contributed by atoms with van der Waals surface area (Å²) in [5.74, 6) is -1.99. The first-order chi connectivity index (χ1) is 15.1. The van der Waals surface area contributed by atoms with Gasteiger partial charge in [0, 0.05) is 10.9 Å². The minimum atomic E-state index is -4.04. The molecule has 0 aliphatic carbocycles. The lowest BCUT2D eigenvalue weighted by atomic mass is 10.1. The molecule has 4 rings (SSSR count). The SMILES string of the molecule is CC(C)c1nnc(-c2cc3c(cc2F)S(=O)(=O)C[C@H](N)C(=O)N3Cc2ccc(Cl)cc2)o1. The maximum absolute atomic E-state index is 15.0. The van der Waals surface area contributed by atoms with Gasteiger partial charge in [0.15, 0.2) is 9.84 Å². The topological polar surface area (TPSA) is 119 Å². The van der Waals surface area contributed by atoms with Gasteiger partial charge in [-0.2, -0.15) is 0 Å². The number of carbonyl (C=O) groups is 1. The largest absolute Gasteiger partial charge is 0.420 e. The molecule has 32 heavy (non-hydrogen) atoms. The fourth-order valence-corrected chi connectivity index (χ4v) is 5.09. The molecule has 1 aliphatic heterocycles. The lowest BCUT2D eigenvalue weighted by molar-refractivity contribution is -0.119. The predicted octanol–water partition coefficient (Wildman–Crippen LogP) is 3.30. The van der Waals surface area contributed by atoms with Gasteiger partial charge in [-0.15, -0.1) is 10.2 Å². The third-order valence-electron chi connectivity index (χ3n) is 5.08. The van der Waals surface area contributed by atoms with Crippen LogP contribution in [0.1, 0.15) is 31.2 Å². The number of hydrogen-bond donors (Lipinski definition) is 1. The standard InChI is InChI=1S/C21H20ClFN4O4S/c1-11(2)19-25-26-20(31-19)14-7-17-18(8-15(14)23)32(29,30)10-16(24)21(28)27(17)9-12-3-5-13(22)6-4-12/h3-8,11,16H,9-10,24H2,1-2H3/t16-/m0/s1. The van der Waals surface area contributed by atoms with Crippen LogP contribution in [0.2, 0.25) is 5.02 Å². The Hall–Kier alpha value is -2.82. The van der Waals surface area contributed by atoms with E-state index in [1.165, 1.54) is 11.0 Å². The highest BCUT2D eigenvalue weighted by Crippen LogP contribution is 2.37. The Kier molecular flexibility index (Phi) is 5.78. The fourth-order valence-electron chi connectivity index (χ4n) is 3.40. The van der Waals surface area contributed by atoms with Crippen LogP contribution in [0.5, 0.6) is 0 Å². The summed E-state index contributed by atoms with van der Waals surface area (Å²) >= 11 is 5.94. The molecule has 1 amide bonds. The van der Waals surface area contributed by atoms with Crippen LogP contribution in [0, 0.1) is 5.82 Å². The molecular weight excluding hydrogens is 459 g/mol. The van der Waals surface area contributed by atoms with E-state index in [1.54, 1.807) is 24.3 Å². The van der Waals surface area contributed by atoms with E-state index in [9.17, 15) is 13.2 Å². The number of carbonyl (C=O) groups excluding carboxylic acids is 1. The van der Waals surface area contributed by atoms with Crippen LogP contribution in [0.25, 0.3) is 11.5 Å². The zero-order chi connectivity index (χ0) is 23.2. The zero-order valence-corrected chi connectivity index (χ0v) is 18.8. The molecule has 0 bridgehead atoms. The van der Waals surface area contributed by atoms with Crippen molar-refractivity contribution >= 4 is 33.0 Å². The molecule has 2 aromatic carbocycles. The van der Waals surface area contributed by atoms with Crippen molar-refractivity contribution in [1.29, 1.82) is 0 Å². The second kappa shape index (κ2) is 8.27. The van der Waals surface area contributed by atoms with E-state index in [-0.39, 0.29) is 34.5 Å². The summed E-state index contributed by atoms with van der Waals surface area (Å²) in [6, 6.07) is 7.53. The number of nitrogens with zero attached hydrogens (tertiary/aromatic N) is 3. The van der Waals surface area contributed by atoms with E-state index >= 15 is 4.39 Å². The summed E-state index contributed by atoms with van der Waals surface area (Å²) in [6.07, 6.45) is 0. The molecule has 168 valence electrons. The van der Waals surface area contributed by atoms with Gasteiger partial charge < -0.3 is 15.1 Å². The molecule has 0 radical (unpaired) electrons. The number of sulfone groups is 1. The van der Waals surface area contributed by atoms with E-state index in [0.29, 0.717) is 16.5 Å². The van der Waals surface area contributed by atoms with Crippen LogP contribution in [-0.4, -0.2) is 36.3 Å². The highest BCUT2D eigenvalue weighted by atomic mass is 35.5. The average Bonchev–Trinajstić information content (AvgIpc) is 3.20. The monoisotopic (exact) mass is 478 g/mol. The van der Waals surface area contributed by atoms with Gasteiger partial charge in [-0.1, -0.05) is 37.6 Å². The van der Waals surface area contributed by atoms with E-state index in [1.807, 2.05) is 13.8 Å². The highest BCUT2D eigenvalue weighted by Gasteiger charge is 2.37. The van der Waals surface area contributed by atoms with Gasteiger partial charge in [-0.25, -0.2) is 12.8 Å². The number of nitrogens with two attached hydrogens (primary N) is 1. The van der Waals surface area contributed by atoms with Gasteiger partial charge in [0.2, 0.25) is 11.8 Å². The summed E-state index contributed by atoms with van der Waals surface area (Å²) < 4.78 is 46.3. The van der Waals surface area contributed by atoms with Crippen molar-refractivity contribution in [3.05, 3.63) is 58.7 Å². The van der Waals surface area contributed by atoms with Gasteiger partial charge >= 0.3 is 0 Å². The molecule has 1 atom stereocenters. The molecule has 0 fully saturated rings. The van der Waals surface area contributed by atoms with Crippen molar-refractivity contribution in [2.45, 2.75) is 37.2 Å².